The van der Waals surface area contributed by atoms with Crippen LogP contribution in [0.1, 0.15) is 21.5 Å². The zero-order chi connectivity index (χ0) is 14.8. The number of hydrogen-bond donors (Lipinski definition) is 0. The first-order chi connectivity index (χ1) is 10.2. The van der Waals surface area contributed by atoms with E-state index >= 15 is 0 Å². The maximum atomic E-state index is 12.7. The molecule has 21 heavy (non-hydrogen) atoms. The fourth-order valence-corrected chi connectivity index (χ4v) is 3.19. The first-order valence-electron chi connectivity index (χ1n) is 6.88. The Kier molecular flexibility index (Phi) is 3.97. The molecule has 2 aromatic rings. The van der Waals surface area contributed by atoms with E-state index in [-0.39, 0.29) is 5.91 Å². The molecule has 0 radical (unpaired) electrons. The molecule has 0 saturated carbocycles. The van der Waals surface area contributed by atoms with Crippen molar-refractivity contribution >= 4 is 21.8 Å². The van der Waals surface area contributed by atoms with Crippen molar-refractivity contribution in [1.29, 1.82) is 0 Å². The molecule has 0 aromatic heterocycles. The molecule has 1 amide bonds. The Hall–Kier alpha value is -1.81. The van der Waals surface area contributed by atoms with Gasteiger partial charge in [0, 0.05) is 17.6 Å². The number of nitrogens with zero attached hydrogens (tertiary/aromatic N) is 1. The van der Waals surface area contributed by atoms with Crippen molar-refractivity contribution < 1.29 is 9.53 Å². The number of halogens is 1. The molecule has 0 aliphatic carbocycles. The van der Waals surface area contributed by atoms with E-state index in [1.807, 2.05) is 47.4 Å². The summed E-state index contributed by atoms with van der Waals surface area (Å²) in [5.74, 6) is 0.687. The number of hydrogen-bond acceptors (Lipinski definition) is 2. The minimum Gasteiger partial charge on any atom is -0.496 e. The summed E-state index contributed by atoms with van der Waals surface area (Å²) < 4.78 is 6.33. The van der Waals surface area contributed by atoms with Crippen molar-refractivity contribution in [3.05, 3.63) is 63.6 Å². The van der Waals surface area contributed by atoms with Gasteiger partial charge in [0.05, 0.1) is 12.7 Å². The molecule has 2 aromatic carbocycles. The summed E-state index contributed by atoms with van der Waals surface area (Å²) in [7, 11) is 1.60. The van der Waals surface area contributed by atoms with Crippen LogP contribution in [0.25, 0.3) is 0 Å². The lowest BCUT2D eigenvalue weighted by Gasteiger charge is -2.29. The second-order valence-electron chi connectivity index (χ2n) is 5.10. The van der Waals surface area contributed by atoms with E-state index in [4.69, 9.17) is 4.74 Å². The van der Waals surface area contributed by atoms with E-state index in [0.29, 0.717) is 17.9 Å². The predicted octanol–water partition coefficient (Wildman–Crippen LogP) is 3.66. The molecule has 108 valence electrons. The monoisotopic (exact) mass is 345 g/mol. The Morgan fingerprint density at radius 2 is 2.00 bits per heavy atom. The Morgan fingerprint density at radius 3 is 2.71 bits per heavy atom. The Labute approximate surface area is 132 Å². The lowest BCUT2D eigenvalue weighted by molar-refractivity contribution is 0.0723. The molecular formula is C17H16BrNO2. The molecule has 0 unspecified atom stereocenters. The third kappa shape index (κ3) is 2.81. The highest BCUT2D eigenvalue weighted by Crippen LogP contribution is 2.32. The molecule has 1 heterocycles. The summed E-state index contributed by atoms with van der Waals surface area (Å²) in [6, 6.07) is 13.9. The zero-order valence-electron chi connectivity index (χ0n) is 11.8. The van der Waals surface area contributed by atoms with Crippen LogP contribution in [0.15, 0.2) is 46.9 Å². The van der Waals surface area contributed by atoms with E-state index in [1.54, 1.807) is 7.11 Å². The van der Waals surface area contributed by atoms with Gasteiger partial charge in [0.1, 0.15) is 5.75 Å². The lowest BCUT2D eigenvalue weighted by Crippen LogP contribution is -2.37. The van der Waals surface area contributed by atoms with Crippen LogP contribution in [0.2, 0.25) is 0 Å². The van der Waals surface area contributed by atoms with Crippen molar-refractivity contribution in [2.24, 2.45) is 0 Å². The van der Waals surface area contributed by atoms with Gasteiger partial charge in [-0.25, -0.2) is 0 Å². The van der Waals surface area contributed by atoms with E-state index in [2.05, 4.69) is 15.9 Å². The Bertz CT molecular complexity index is 653. The lowest BCUT2D eigenvalue weighted by atomic mass is 9.97. The van der Waals surface area contributed by atoms with Gasteiger partial charge in [-0.1, -0.05) is 46.3 Å². The maximum Gasteiger partial charge on any atom is 0.258 e. The van der Waals surface area contributed by atoms with Gasteiger partial charge in [-0.15, -0.1) is 0 Å². The third-order valence-corrected chi connectivity index (χ3v) is 4.19. The van der Waals surface area contributed by atoms with Crippen molar-refractivity contribution in [2.75, 3.05) is 13.7 Å². The van der Waals surface area contributed by atoms with Crippen LogP contribution < -0.4 is 4.74 Å². The first-order valence-corrected chi connectivity index (χ1v) is 7.68. The van der Waals surface area contributed by atoms with Gasteiger partial charge in [0.25, 0.3) is 5.91 Å². The average molecular weight is 346 g/mol. The minimum atomic E-state index is 0.0458. The van der Waals surface area contributed by atoms with Crippen LogP contribution in [-0.4, -0.2) is 24.5 Å². The van der Waals surface area contributed by atoms with Crippen LogP contribution in [-0.2, 0) is 13.0 Å². The van der Waals surface area contributed by atoms with Crippen molar-refractivity contribution in [3.8, 4) is 5.75 Å². The smallest absolute Gasteiger partial charge is 0.258 e. The molecule has 4 heteroatoms. The topological polar surface area (TPSA) is 29.5 Å². The van der Waals surface area contributed by atoms with Gasteiger partial charge >= 0.3 is 0 Å². The van der Waals surface area contributed by atoms with Crippen LogP contribution in [0, 0.1) is 0 Å². The summed E-state index contributed by atoms with van der Waals surface area (Å²) >= 11 is 3.47. The predicted molar refractivity (Wildman–Crippen MR) is 85.6 cm³/mol. The molecule has 3 nitrogen and oxygen atoms in total. The molecule has 0 fully saturated rings. The number of ether oxygens (including phenoxy) is 1. The highest BCUT2D eigenvalue weighted by atomic mass is 79.9. The highest BCUT2D eigenvalue weighted by Gasteiger charge is 2.28. The first kappa shape index (κ1) is 14.1. The van der Waals surface area contributed by atoms with E-state index < -0.39 is 0 Å². The Balaban J connectivity index is 1.92. The average Bonchev–Trinajstić information content (AvgIpc) is 2.50. The van der Waals surface area contributed by atoms with Crippen LogP contribution in [0.5, 0.6) is 5.75 Å². The summed E-state index contributed by atoms with van der Waals surface area (Å²) in [6.45, 7) is 1.37. The quantitative estimate of drug-likeness (QED) is 0.849. The molecular weight excluding hydrogens is 330 g/mol. The fraction of sp³-hybridized carbons (Fsp3) is 0.235. The molecule has 3 rings (SSSR count). The van der Waals surface area contributed by atoms with Gasteiger partial charge in [-0.3, -0.25) is 4.79 Å². The number of carbonyl (C=O) groups is 1. The molecule has 1 aliphatic rings. The van der Waals surface area contributed by atoms with Crippen LogP contribution in [0.3, 0.4) is 0 Å². The minimum absolute atomic E-state index is 0.0458. The van der Waals surface area contributed by atoms with E-state index in [0.717, 1.165) is 28.6 Å². The molecule has 0 N–H and O–H groups in total. The van der Waals surface area contributed by atoms with Crippen LogP contribution in [0.4, 0.5) is 0 Å². The maximum absolute atomic E-state index is 12.7. The number of rotatable bonds is 3. The van der Waals surface area contributed by atoms with Gasteiger partial charge in [-0.2, -0.15) is 0 Å². The molecule has 0 atom stereocenters. The second-order valence-corrected chi connectivity index (χ2v) is 6.02. The van der Waals surface area contributed by atoms with Crippen molar-refractivity contribution in [1.82, 2.24) is 4.90 Å². The van der Waals surface area contributed by atoms with Gasteiger partial charge < -0.3 is 9.64 Å². The summed E-state index contributed by atoms with van der Waals surface area (Å²) in [6.07, 6.45) is 0.851. The fourth-order valence-electron chi connectivity index (χ4n) is 2.71. The normalized spacial score (nSPS) is 14.0. The summed E-state index contributed by atoms with van der Waals surface area (Å²) in [4.78, 5) is 14.6. The number of carbonyl (C=O) groups excluding carboxylic acids is 1. The number of benzene rings is 2. The van der Waals surface area contributed by atoms with Crippen molar-refractivity contribution in [3.63, 3.8) is 0 Å². The van der Waals surface area contributed by atoms with Gasteiger partial charge in [-0.05, 0) is 29.7 Å². The number of methoxy groups -OCH3 is 1. The Morgan fingerprint density at radius 1 is 1.24 bits per heavy atom. The third-order valence-electron chi connectivity index (χ3n) is 3.74. The summed E-state index contributed by atoms with van der Waals surface area (Å²) in [5.41, 5.74) is 2.89. The highest BCUT2D eigenvalue weighted by molar-refractivity contribution is 9.10. The molecule has 1 aliphatic heterocycles. The molecule has 0 bridgehead atoms. The number of amides is 1. The van der Waals surface area contributed by atoms with Crippen LogP contribution >= 0.6 is 15.9 Å². The van der Waals surface area contributed by atoms with E-state index in [1.165, 1.54) is 0 Å². The molecule has 0 spiro atoms. The SMILES string of the molecule is COc1cc(Br)cc2c1C(=O)N(Cc1ccccc1)CC2. The van der Waals surface area contributed by atoms with Gasteiger partial charge in [0.2, 0.25) is 0 Å². The standard InChI is InChI=1S/C17H16BrNO2/c1-21-15-10-14(18)9-13-7-8-19(17(20)16(13)15)11-12-5-3-2-4-6-12/h2-6,9-10H,7-8,11H2,1H3. The van der Waals surface area contributed by atoms with Gasteiger partial charge in [0.15, 0.2) is 0 Å². The zero-order valence-corrected chi connectivity index (χ0v) is 13.4. The van der Waals surface area contributed by atoms with E-state index in [9.17, 15) is 4.79 Å². The molecule has 0 saturated heterocycles. The largest absolute Gasteiger partial charge is 0.496 e. The summed E-state index contributed by atoms with van der Waals surface area (Å²) in [5, 5.41) is 0. The number of fused-ring (bicyclic) bond motifs is 1. The second kappa shape index (κ2) is 5.90. The van der Waals surface area contributed by atoms with Crippen molar-refractivity contribution in [2.45, 2.75) is 13.0 Å².